The van der Waals surface area contributed by atoms with Gasteiger partial charge in [0.05, 0.1) is 6.61 Å². The molecule has 0 fully saturated rings. The molecule has 0 radical (unpaired) electrons. The van der Waals surface area contributed by atoms with E-state index in [1.165, 1.54) is 10.4 Å². The Kier molecular flexibility index (Phi) is 12.2. The lowest BCUT2D eigenvalue weighted by atomic mass is 9.67. The summed E-state index contributed by atoms with van der Waals surface area (Å²) < 4.78 is 19.6. The third-order valence-corrected chi connectivity index (χ3v) is 19.5. The third-order valence-electron chi connectivity index (χ3n) is 9.94. The quantitative estimate of drug-likeness (QED) is 0.135. The van der Waals surface area contributed by atoms with E-state index >= 15 is 0 Å². The number of rotatable bonds is 12. The molecule has 0 amide bonds. The van der Waals surface area contributed by atoms with Crippen LogP contribution in [0.4, 0.5) is 0 Å². The summed E-state index contributed by atoms with van der Waals surface area (Å²) in [5.41, 5.74) is 0.801. The zero-order chi connectivity index (χ0) is 32.7. The zero-order valence-electron chi connectivity index (χ0n) is 29.0. The van der Waals surface area contributed by atoms with Crippen LogP contribution in [0.5, 0.6) is 0 Å². The lowest BCUT2D eigenvalue weighted by Gasteiger charge is -2.44. The van der Waals surface area contributed by atoms with Gasteiger partial charge in [-0.1, -0.05) is 122 Å². The SMILES string of the molecule is C[C@@H]1CC(=O)C=C(COCC#CCCCO[Si](c2ccccc2)(c2ccccc2)C(C)(C)C)[C@@]1(C)CO[Si](C)(C)C(C)(C)C. The van der Waals surface area contributed by atoms with E-state index in [4.69, 9.17) is 13.6 Å². The maximum Gasteiger partial charge on any atom is 0.261 e. The minimum absolute atomic E-state index is 0.0356. The molecule has 2 aromatic rings. The molecule has 0 aliphatic heterocycles. The van der Waals surface area contributed by atoms with E-state index in [2.05, 4.69) is 141 Å². The summed E-state index contributed by atoms with van der Waals surface area (Å²) in [6, 6.07) is 21.5. The molecule has 2 aromatic carbocycles. The lowest BCUT2D eigenvalue weighted by Crippen LogP contribution is -2.66. The van der Waals surface area contributed by atoms with E-state index in [9.17, 15) is 4.79 Å². The van der Waals surface area contributed by atoms with Gasteiger partial charge in [0.15, 0.2) is 14.1 Å². The summed E-state index contributed by atoms with van der Waals surface area (Å²) in [6.45, 7) is 24.7. The number of hydrogen-bond donors (Lipinski definition) is 0. The Balaban J connectivity index is 1.58. The minimum atomic E-state index is -2.52. The van der Waals surface area contributed by atoms with Crippen molar-refractivity contribution in [1.29, 1.82) is 0 Å². The van der Waals surface area contributed by atoms with Gasteiger partial charge in [0.25, 0.3) is 8.32 Å². The average Bonchev–Trinajstić information content (AvgIpc) is 2.95. The molecule has 0 saturated carbocycles. The number of hydrogen-bond acceptors (Lipinski definition) is 4. The van der Waals surface area contributed by atoms with Crippen molar-refractivity contribution in [2.45, 2.75) is 97.8 Å². The molecule has 1 aliphatic rings. The summed E-state index contributed by atoms with van der Waals surface area (Å²) in [5, 5.41) is 2.69. The number of benzene rings is 2. The Morgan fingerprint density at radius 3 is 1.95 bits per heavy atom. The highest BCUT2D eigenvalue weighted by Gasteiger charge is 2.50. The molecule has 0 spiro atoms. The molecule has 2 atom stereocenters. The zero-order valence-corrected chi connectivity index (χ0v) is 31.0. The van der Waals surface area contributed by atoms with E-state index in [0.29, 0.717) is 32.8 Å². The van der Waals surface area contributed by atoms with Crippen molar-refractivity contribution in [1.82, 2.24) is 0 Å². The molecule has 240 valence electrons. The first-order chi connectivity index (χ1) is 20.5. The van der Waals surface area contributed by atoms with Crippen LogP contribution in [0.1, 0.15) is 74.7 Å². The van der Waals surface area contributed by atoms with Gasteiger partial charge in [-0.15, -0.1) is 5.92 Å². The second-order valence-corrected chi connectivity index (χ2v) is 24.3. The van der Waals surface area contributed by atoms with E-state index in [1.807, 2.05) is 0 Å². The fraction of sp³-hybridized carbons (Fsp3) is 0.553. The summed E-state index contributed by atoms with van der Waals surface area (Å²) in [6.07, 6.45) is 3.95. The highest BCUT2D eigenvalue weighted by molar-refractivity contribution is 6.99. The molecule has 6 heteroatoms. The molecule has 1 aliphatic carbocycles. The highest BCUT2D eigenvalue weighted by Crippen LogP contribution is 2.44. The van der Waals surface area contributed by atoms with Crippen LogP contribution in [0.15, 0.2) is 72.3 Å². The number of unbranched alkanes of at least 4 members (excludes halogenated alkanes) is 1. The van der Waals surface area contributed by atoms with Crippen molar-refractivity contribution in [3.05, 3.63) is 72.3 Å². The van der Waals surface area contributed by atoms with Gasteiger partial charge in [-0.3, -0.25) is 4.79 Å². The Labute approximate surface area is 270 Å². The van der Waals surface area contributed by atoms with Gasteiger partial charge in [0.2, 0.25) is 0 Å². The van der Waals surface area contributed by atoms with Crippen LogP contribution in [-0.2, 0) is 18.4 Å². The number of ether oxygens (including phenoxy) is 1. The second-order valence-electron chi connectivity index (χ2n) is 15.2. The van der Waals surface area contributed by atoms with Crippen LogP contribution in [0, 0.1) is 23.2 Å². The number of carbonyl (C=O) groups excluding carboxylic acids is 1. The molecule has 44 heavy (non-hydrogen) atoms. The van der Waals surface area contributed by atoms with Gasteiger partial charge in [0, 0.05) is 31.5 Å². The van der Waals surface area contributed by atoms with Crippen molar-refractivity contribution in [3.8, 4) is 11.8 Å². The first-order valence-corrected chi connectivity index (χ1v) is 21.0. The first kappa shape index (κ1) is 36.2. The predicted octanol–water partition coefficient (Wildman–Crippen LogP) is 7.93. The van der Waals surface area contributed by atoms with Gasteiger partial charge >= 0.3 is 0 Å². The molecule has 0 heterocycles. The summed E-state index contributed by atoms with van der Waals surface area (Å²) in [5.74, 6) is 6.84. The van der Waals surface area contributed by atoms with Crippen LogP contribution >= 0.6 is 0 Å². The number of ketones is 1. The van der Waals surface area contributed by atoms with Gasteiger partial charge in [-0.25, -0.2) is 0 Å². The Morgan fingerprint density at radius 1 is 0.864 bits per heavy atom. The topological polar surface area (TPSA) is 44.8 Å². The van der Waals surface area contributed by atoms with Crippen LogP contribution < -0.4 is 10.4 Å². The van der Waals surface area contributed by atoms with Crippen LogP contribution in [0.2, 0.25) is 23.2 Å². The highest BCUT2D eigenvalue weighted by atomic mass is 28.4. The van der Waals surface area contributed by atoms with Crippen LogP contribution in [0.25, 0.3) is 0 Å². The van der Waals surface area contributed by atoms with Gasteiger partial charge in [-0.05, 0) is 57.5 Å². The van der Waals surface area contributed by atoms with Crippen LogP contribution in [-0.4, -0.2) is 48.8 Å². The van der Waals surface area contributed by atoms with Gasteiger partial charge < -0.3 is 13.6 Å². The van der Waals surface area contributed by atoms with Crippen LogP contribution in [0.3, 0.4) is 0 Å². The lowest BCUT2D eigenvalue weighted by molar-refractivity contribution is -0.117. The Morgan fingerprint density at radius 2 is 1.43 bits per heavy atom. The van der Waals surface area contributed by atoms with E-state index in [1.54, 1.807) is 6.08 Å². The number of allylic oxidation sites excluding steroid dienone is 1. The van der Waals surface area contributed by atoms with Gasteiger partial charge in [0.1, 0.15) is 6.61 Å². The smallest absolute Gasteiger partial charge is 0.261 e. The summed E-state index contributed by atoms with van der Waals surface area (Å²) in [7, 11) is -4.44. The van der Waals surface area contributed by atoms with Crippen molar-refractivity contribution in [3.63, 3.8) is 0 Å². The second kappa shape index (κ2) is 14.9. The van der Waals surface area contributed by atoms with E-state index in [-0.39, 0.29) is 27.2 Å². The molecule has 0 saturated heterocycles. The predicted molar refractivity (Wildman–Crippen MR) is 190 cm³/mol. The largest absolute Gasteiger partial charge is 0.416 e. The van der Waals surface area contributed by atoms with Gasteiger partial charge in [-0.2, -0.15) is 0 Å². The molecular weight excluding hydrogens is 577 g/mol. The summed E-state index contributed by atoms with van der Waals surface area (Å²) >= 11 is 0. The maximum absolute atomic E-state index is 12.5. The standard InChI is InChI=1S/C38H56O4Si2/c1-31-27-33(39)28-32(38(31,8)30-42-43(9,10)36(2,3)4)29-40-25-19-11-12-20-26-41-44(37(5,6)7,34-21-15-13-16-22-34)35-23-17-14-18-24-35/h13-18,21-24,28,31H,12,20,25-27,29-30H2,1-10H3/t31-,38+/m1/s1. The Bertz CT molecular complexity index is 1270. The average molecular weight is 633 g/mol. The normalized spacial score (nSPS) is 19.7. The summed E-state index contributed by atoms with van der Waals surface area (Å²) in [4.78, 5) is 12.5. The maximum atomic E-state index is 12.5. The van der Waals surface area contributed by atoms with Crippen molar-refractivity contribution in [2.24, 2.45) is 11.3 Å². The van der Waals surface area contributed by atoms with E-state index in [0.717, 1.165) is 18.4 Å². The minimum Gasteiger partial charge on any atom is -0.416 e. The molecule has 4 nitrogen and oxygen atoms in total. The molecule has 0 bridgehead atoms. The monoisotopic (exact) mass is 632 g/mol. The third kappa shape index (κ3) is 8.50. The molecule has 3 rings (SSSR count). The fourth-order valence-electron chi connectivity index (χ4n) is 5.75. The molecular formula is C38H56O4Si2. The molecule has 0 N–H and O–H groups in total. The van der Waals surface area contributed by atoms with Crippen molar-refractivity contribution < 1.29 is 18.4 Å². The molecule has 0 unspecified atom stereocenters. The first-order valence-electron chi connectivity index (χ1n) is 16.2. The van der Waals surface area contributed by atoms with E-state index < -0.39 is 16.6 Å². The molecule has 0 aromatic heterocycles. The Hall–Kier alpha value is -2.28. The fourth-order valence-corrected chi connectivity index (χ4v) is 11.4. The number of carbonyl (C=O) groups is 1. The van der Waals surface area contributed by atoms with Crippen molar-refractivity contribution >= 4 is 32.8 Å². The van der Waals surface area contributed by atoms with Crippen molar-refractivity contribution in [2.75, 3.05) is 26.4 Å².